The Morgan fingerprint density at radius 2 is 2.11 bits per heavy atom. The van der Waals surface area contributed by atoms with Crippen LogP contribution in [0, 0.1) is 11.5 Å². The molecule has 0 radical (unpaired) electrons. The molecule has 6 nitrogen and oxygen atoms in total. The maximum absolute atomic E-state index is 10.9. The van der Waals surface area contributed by atoms with E-state index in [2.05, 4.69) is 20.3 Å². The highest BCUT2D eigenvalue weighted by molar-refractivity contribution is 7.68. The highest BCUT2D eigenvalue weighted by atomic mass is 32.1. The number of nitrogens with zero attached hydrogens (tertiary/aromatic N) is 4. The molecular weight excluding hydrogens is 262 g/mol. The van der Waals surface area contributed by atoms with E-state index in [1.807, 2.05) is 12.1 Å². The van der Waals surface area contributed by atoms with Gasteiger partial charge in [-0.1, -0.05) is 12.1 Å². The van der Waals surface area contributed by atoms with E-state index >= 15 is 0 Å². The Morgan fingerprint density at radius 3 is 2.74 bits per heavy atom. The molecule has 1 aliphatic rings. The van der Waals surface area contributed by atoms with Gasteiger partial charge in [0, 0.05) is 5.56 Å². The lowest BCUT2D eigenvalue weighted by Gasteiger charge is -2.00. The molecule has 0 spiro atoms. The van der Waals surface area contributed by atoms with E-state index in [4.69, 9.17) is 5.26 Å². The molecule has 0 saturated carbocycles. The zero-order valence-electron chi connectivity index (χ0n) is 9.99. The van der Waals surface area contributed by atoms with Gasteiger partial charge in [-0.2, -0.15) is 5.26 Å². The van der Waals surface area contributed by atoms with E-state index in [0.717, 1.165) is 5.56 Å². The lowest BCUT2D eigenvalue weighted by Crippen LogP contribution is -2.09. The molecule has 7 heteroatoms. The average Bonchev–Trinajstić information content (AvgIpc) is 2.81. The molecule has 0 saturated heterocycles. The summed E-state index contributed by atoms with van der Waals surface area (Å²) in [5.41, 5.74) is 2.09. The Kier molecular flexibility index (Phi) is 3.95. The van der Waals surface area contributed by atoms with Gasteiger partial charge in [-0.3, -0.25) is 5.32 Å². The SMILES string of the molecule is CC1=NC(=S=O)C(c2ccc(N=CNC#N)cc2)=N1. The van der Waals surface area contributed by atoms with Gasteiger partial charge in [0.25, 0.3) is 0 Å². The van der Waals surface area contributed by atoms with Crippen molar-refractivity contribution in [3.8, 4) is 6.19 Å². The van der Waals surface area contributed by atoms with E-state index in [0.29, 0.717) is 33.5 Å². The number of rotatable bonds is 3. The van der Waals surface area contributed by atoms with Crippen LogP contribution in [0.15, 0.2) is 39.2 Å². The van der Waals surface area contributed by atoms with Crippen LogP contribution in [0.2, 0.25) is 0 Å². The van der Waals surface area contributed by atoms with Crippen molar-refractivity contribution in [1.82, 2.24) is 5.32 Å². The second kappa shape index (κ2) is 5.84. The van der Waals surface area contributed by atoms with Gasteiger partial charge < -0.3 is 0 Å². The van der Waals surface area contributed by atoms with E-state index in [9.17, 15) is 4.21 Å². The molecule has 1 aromatic rings. The second-order valence-electron chi connectivity index (χ2n) is 3.57. The van der Waals surface area contributed by atoms with Crippen LogP contribution >= 0.6 is 0 Å². The van der Waals surface area contributed by atoms with Crippen LogP contribution in [-0.2, 0) is 11.3 Å². The summed E-state index contributed by atoms with van der Waals surface area (Å²) in [6, 6.07) is 7.16. The van der Waals surface area contributed by atoms with Gasteiger partial charge in [-0.25, -0.2) is 19.2 Å². The van der Waals surface area contributed by atoms with Crippen LogP contribution in [0.1, 0.15) is 12.5 Å². The van der Waals surface area contributed by atoms with E-state index in [1.165, 1.54) is 6.34 Å². The van der Waals surface area contributed by atoms with E-state index < -0.39 is 0 Å². The minimum atomic E-state index is 0.333. The van der Waals surface area contributed by atoms with Crippen molar-refractivity contribution in [1.29, 1.82) is 5.26 Å². The van der Waals surface area contributed by atoms with Crippen LogP contribution in [0.3, 0.4) is 0 Å². The Morgan fingerprint density at radius 1 is 1.37 bits per heavy atom. The van der Waals surface area contributed by atoms with E-state index in [-0.39, 0.29) is 0 Å². The summed E-state index contributed by atoms with van der Waals surface area (Å²) in [5.74, 6) is 0.577. The van der Waals surface area contributed by atoms with Crippen LogP contribution in [0.5, 0.6) is 0 Å². The van der Waals surface area contributed by atoms with Crippen molar-refractivity contribution in [2.24, 2.45) is 15.0 Å². The lowest BCUT2D eigenvalue weighted by molar-refractivity contribution is 0.701. The quantitative estimate of drug-likeness (QED) is 0.292. The molecule has 19 heavy (non-hydrogen) atoms. The molecule has 1 aliphatic heterocycles. The largest absolute Gasteiger partial charge is 0.283 e. The van der Waals surface area contributed by atoms with Crippen molar-refractivity contribution in [3.05, 3.63) is 29.8 Å². The summed E-state index contributed by atoms with van der Waals surface area (Å²) in [6.07, 6.45) is 3.04. The predicted molar refractivity (Wildman–Crippen MR) is 76.1 cm³/mol. The molecule has 0 unspecified atom stereocenters. The minimum absolute atomic E-state index is 0.333. The molecule has 0 atom stereocenters. The van der Waals surface area contributed by atoms with Crippen molar-refractivity contribution in [2.75, 3.05) is 0 Å². The topological polar surface area (TPSA) is 90.0 Å². The summed E-state index contributed by atoms with van der Waals surface area (Å²) in [4.78, 5) is 12.7. The Labute approximate surface area is 113 Å². The fourth-order valence-corrected chi connectivity index (χ4v) is 1.93. The van der Waals surface area contributed by atoms with Crippen molar-refractivity contribution >= 4 is 39.8 Å². The number of benzene rings is 1. The zero-order chi connectivity index (χ0) is 13.7. The minimum Gasteiger partial charge on any atom is -0.283 e. The van der Waals surface area contributed by atoms with Crippen LogP contribution in [0.25, 0.3) is 0 Å². The lowest BCUT2D eigenvalue weighted by atomic mass is 10.1. The Hall–Kier alpha value is -2.59. The first-order valence-electron chi connectivity index (χ1n) is 5.33. The molecule has 1 aromatic carbocycles. The monoisotopic (exact) mass is 271 g/mol. The number of amidine groups is 1. The van der Waals surface area contributed by atoms with Crippen LogP contribution in [0.4, 0.5) is 5.69 Å². The number of aliphatic imine (C=N–C) groups is 3. The molecule has 94 valence electrons. The molecule has 1 N–H and O–H groups in total. The molecular formula is C12H9N5OS. The summed E-state index contributed by atoms with van der Waals surface area (Å²) in [7, 11) is 0. The Balaban J connectivity index is 2.23. The summed E-state index contributed by atoms with van der Waals surface area (Å²) >= 11 is 0.333. The third kappa shape index (κ3) is 3.00. The summed E-state index contributed by atoms with van der Waals surface area (Å²) in [5, 5.41) is 10.6. The van der Waals surface area contributed by atoms with Gasteiger partial charge in [-0.15, -0.1) is 0 Å². The van der Waals surface area contributed by atoms with Crippen molar-refractivity contribution < 1.29 is 4.21 Å². The first-order valence-corrected chi connectivity index (χ1v) is 6.07. The van der Waals surface area contributed by atoms with Gasteiger partial charge in [0.05, 0.1) is 5.69 Å². The van der Waals surface area contributed by atoms with Gasteiger partial charge in [0.1, 0.15) is 29.1 Å². The molecule has 0 fully saturated rings. The smallest absolute Gasteiger partial charge is 0.184 e. The molecule has 1 heterocycles. The van der Waals surface area contributed by atoms with Gasteiger partial charge in [-0.05, 0) is 19.1 Å². The van der Waals surface area contributed by atoms with Gasteiger partial charge in [0.2, 0.25) is 0 Å². The average molecular weight is 271 g/mol. The van der Waals surface area contributed by atoms with Gasteiger partial charge >= 0.3 is 0 Å². The number of nitriles is 1. The third-order valence-electron chi connectivity index (χ3n) is 2.30. The first-order chi connectivity index (χ1) is 9.24. The molecule has 2 rings (SSSR count). The normalized spacial score (nSPS) is 14.0. The van der Waals surface area contributed by atoms with Crippen LogP contribution < -0.4 is 5.32 Å². The maximum Gasteiger partial charge on any atom is 0.184 e. The number of hydrogen-bond acceptors (Lipinski definition) is 4. The van der Waals surface area contributed by atoms with Crippen molar-refractivity contribution in [2.45, 2.75) is 6.92 Å². The fraction of sp³-hybridized carbons (Fsp3) is 0.0833. The van der Waals surface area contributed by atoms with Crippen LogP contribution in [-0.4, -0.2) is 27.1 Å². The third-order valence-corrected chi connectivity index (χ3v) is 2.74. The van der Waals surface area contributed by atoms with E-state index in [1.54, 1.807) is 25.2 Å². The second-order valence-corrected chi connectivity index (χ2v) is 4.12. The molecule has 0 amide bonds. The summed E-state index contributed by atoms with van der Waals surface area (Å²) in [6.45, 7) is 1.75. The summed E-state index contributed by atoms with van der Waals surface area (Å²) < 4.78 is 10.9. The first kappa shape index (κ1) is 12.9. The molecule has 0 aromatic heterocycles. The highest BCUT2D eigenvalue weighted by Crippen LogP contribution is 2.15. The fourth-order valence-electron chi connectivity index (χ4n) is 1.52. The molecule has 0 aliphatic carbocycles. The Bertz CT molecular complexity index is 675. The molecule has 0 bridgehead atoms. The standard InChI is InChI=1S/C12H9N5OS/c1-8-16-11(12(17-8)19-18)9-2-4-10(5-3-9)15-7-14-6-13/h2-5,7H,1H3,(H,14,15). The van der Waals surface area contributed by atoms with Crippen molar-refractivity contribution in [3.63, 3.8) is 0 Å². The number of nitrogens with one attached hydrogen (secondary N) is 1. The predicted octanol–water partition coefficient (Wildman–Crippen LogP) is 0.981. The van der Waals surface area contributed by atoms with Gasteiger partial charge in [0.15, 0.2) is 11.2 Å². The number of hydrogen-bond donors (Lipinski definition) is 1. The zero-order valence-corrected chi connectivity index (χ0v) is 10.8. The maximum atomic E-state index is 10.9. The highest BCUT2D eigenvalue weighted by Gasteiger charge is 2.16.